The van der Waals surface area contributed by atoms with Gasteiger partial charge in [-0.15, -0.1) is 0 Å². The zero-order valence-corrected chi connectivity index (χ0v) is 18.3. The minimum atomic E-state index is -0.290. The molecule has 166 valence electrons. The summed E-state index contributed by atoms with van der Waals surface area (Å²) in [6.07, 6.45) is 2.42. The first-order chi connectivity index (χ1) is 15.6. The second-order valence-corrected chi connectivity index (χ2v) is 8.06. The highest BCUT2D eigenvalue weighted by Crippen LogP contribution is 2.26. The van der Waals surface area contributed by atoms with Crippen molar-refractivity contribution in [3.05, 3.63) is 89.7 Å². The number of hydrogen-bond donors (Lipinski definition) is 1. The standard InChI is InChI=1S/C26H28FN3O2/c1-29(18-21-9-2-3-13-25(21)30-14-4-5-15-30)26(31)28-23-11-7-12-24(17-23)32-19-20-8-6-10-22(27)16-20/h2-3,6-13,16-17H,4-5,14-15,18-19H2,1H3,(H,28,31). The molecule has 3 aromatic rings. The number of ether oxygens (including phenoxy) is 1. The molecule has 6 heteroatoms. The highest BCUT2D eigenvalue weighted by molar-refractivity contribution is 5.89. The number of carbonyl (C=O) groups excluding carboxylic acids is 1. The average Bonchev–Trinajstić information content (AvgIpc) is 3.33. The van der Waals surface area contributed by atoms with Gasteiger partial charge in [-0.05, 0) is 54.3 Å². The third kappa shape index (κ3) is 5.58. The van der Waals surface area contributed by atoms with Gasteiger partial charge in [-0.25, -0.2) is 9.18 Å². The van der Waals surface area contributed by atoms with Gasteiger partial charge in [0.15, 0.2) is 0 Å². The molecular weight excluding hydrogens is 405 g/mol. The fourth-order valence-corrected chi connectivity index (χ4v) is 3.91. The smallest absolute Gasteiger partial charge is 0.321 e. The Kier molecular flexibility index (Phi) is 6.90. The Morgan fingerprint density at radius 3 is 2.62 bits per heavy atom. The number of anilines is 2. The molecule has 0 aromatic heterocycles. The van der Waals surface area contributed by atoms with Gasteiger partial charge >= 0.3 is 6.03 Å². The van der Waals surface area contributed by atoms with Crippen molar-refractivity contribution in [1.29, 1.82) is 0 Å². The number of para-hydroxylation sites is 1. The normalized spacial score (nSPS) is 13.1. The van der Waals surface area contributed by atoms with Crippen LogP contribution >= 0.6 is 0 Å². The number of carbonyl (C=O) groups is 1. The van der Waals surface area contributed by atoms with E-state index in [2.05, 4.69) is 22.3 Å². The van der Waals surface area contributed by atoms with Gasteiger partial charge in [0, 0.05) is 44.1 Å². The van der Waals surface area contributed by atoms with E-state index >= 15 is 0 Å². The SMILES string of the molecule is CN(Cc1ccccc1N1CCCC1)C(=O)Nc1cccc(OCc2cccc(F)c2)c1. The van der Waals surface area contributed by atoms with Gasteiger partial charge in [-0.3, -0.25) is 0 Å². The zero-order chi connectivity index (χ0) is 22.3. The molecule has 0 aliphatic carbocycles. The number of hydrogen-bond acceptors (Lipinski definition) is 3. The molecule has 1 saturated heterocycles. The second-order valence-electron chi connectivity index (χ2n) is 8.06. The maximum atomic E-state index is 13.3. The van der Waals surface area contributed by atoms with Crippen molar-refractivity contribution >= 4 is 17.4 Å². The molecule has 32 heavy (non-hydrogen) atoms. The maximum Gasteiger partial charge on any atom is 0.321 e. The number of rotatable bonds is 7. The molecule has 0 saturated carbocycles. The highest BCUT2D eigenvalue weighted by Gasteiger charge is 2.17. The van der Waals surface area contributed by atoms with E-state index in [1.165, 1.54) is 30.7 Å². The van der Waals surface area contributed by atoms with Gasteiger partial charge in [-0.2, -0.15) is 0 Å². The number of urea groups is 1. The van der Waals surface area contributed by atoms with Crippen LogP contribution in [0.5, 0.6) is 5.75 Å². The first-order valence-electron chi connectivity index (χ1n) is 10.9. The summed E-state index contributed by atoms with van der Waals surface area (Å²) in [6.45, 7) is 2.90. The minimum absolute atomic E-state index is 0.191. The van der Waals surface area contributed by atoms with Crippen molar-refractivity contribution in [2.75, 3.05) is 30.4 Å². The van der Waals surface area contributed by atoms with Crippen molar-refractivity contribution < 1.29 is 13.9 Å². The number of nitrogens with one attached hydrogen (secondary N) is 1. The Balaban J connectivity index is 1.36. The van der Waals surface area contributed by atoms with Crippen LogP contribution < -0.4 is 15.0 Å². The molecule has 0 unspecified atom stereocenters. The summed E-state index contributed by atoms with van der Waals surface area (Å²) in [4.78, 5) is 16.9. The summed E-state index contributed by atoms with van der Waals surface area (Å²) in [5.41, 5.74) is 3.74. The topological polar surface area (TPSA) is 44.8 Å². The lowest BCUT2D eigenvalue weighted by Gasteiger charge is -2.24. The van der Waals surface area contributed by atoms with Gasteiger partial charge in [0.2, 0.25) is 0 Å². The molecule has 5 nitrogen and oxygen atoms in total. The third-order valence-corrected chi connectivity index (χ3v) is 5.57. The van der Waals surface area contributed by atoms with Crippen molar-refractivity contribution in [2.24, 2.45) is 0 Å². The predicted octanol–water partition coefficient (Wildman–Crippen LogP) is 5.67. The molecule has 2 amide bonds. The van der Waals surface area contributed by atoms with Crippen LogP contribution in [-0.2, 0) is 13.2 Å². The van der Waals surface area contributed by atoms with Crippen LogP contribution in [0.4, 0.5) is 20.6 Å². The summed E-state index contributed by atoms with van der Waals surface area (Å²) >= 11 is 0. The van der Waals surface area contributed by atoms with Gasteiger partial charge < -0.3 is 19.9 Å². The van der Waals surface area contributed by atoms with Crippen LogP contribution in [0.15, 0.2) is 72.8 Å². The fraction of sp³-hybridized carbons (Fsp3) is 0.269. The van der Waals surface area contributed by atoms with Crippen molar-refractivity contribution in [3.8, 4) is 5.75 Å². The van der Waals surface area contributed by atoms with Crippen molar-refractivity contribution in [3.63, 3.8) is 0 Å². The summed E-state index contributed by atoms with van der Waals surface area (Å²) < 4.78 is 19.1. The Morgan fingerprint density at radius 2 is 1.81 bits per heavy atom. The summed E-state index contributed by atoms with van der Waals surface area (Å²) in [7, 11) is 1.79. The second kappa shape index (κ2) is 10.2. The monoisotopic (exact) mass is 433 g/mol. The molecule has 0 bridgehead atoms. The number of nitrogens with zero attached hydrogens (tertiary/aromatic N) is 2. The van der Waals surface area contributed by atoms with Crippen molar-refractivity contribution in [2.45, 2.75) is 26.0 Å². The summed E-state index contributed by atoms with van der Waals surface area (Å²) in [6, 6.07) is 21.6. The van der Waals surface area contributed by atoms with E-state index in [1.807, 2.05) is 36.4 Å². The molecule has 3 aromatic carbocycles. The first kappa shape index (κ1) is 21.7. The van der Waals surface area contributed by atoms with Crippen LogP contribution in [0.2, 0.25) is 0 Å². The quantitative estimate of drug-likeness (QED) is 0.522. The Bertz CT molecular complexity index is 1070. The molecule has 4 rings (SSSR count). The number of amides is 2. The van der Waals surface area contributed by atoms with Crippen molar-refractivity contribution in [1.82, 2.24) is 4.90 Å². The summed E-state index contributed by atoms with van der Waals surface area (Å²) in [5, 5.41) is 2.93. The van der Waals surface area contributed by atoms with Gasteiger partial charge in [0.1, 0.15) is 18.2 Å². The first-order valence-corrected chi connectivity index (χ1v) is 10.9. The van der Waals surface area contributed by atoms with Crippen LogP contribution in [0, 0.1) is 5.82 Å². The third-order valence-electron chi connectivity index (χ3n) is 5.57. The van der Waals surface area contributed by atoms with E-state index in [9.17, 15) is 9.18 Å². The molecule has 1 aliphatic heterocycles. The van der Waals surface area contributed by atoms with Crippen LogP contribution in [-0.4, -0.2) is 31.1 Å². The maximum absolute atomic E-state index is 13.3. The van der Waals surface area contributed by atoms with Gasteiger partial charge in [-0.1, -0.05) is 36.4 Å². The molecule has 1 aliphatic rings. The average molecular weight is 434 g/mol. The summed E-state index contributed by atoms with van der Waals surface area (Å²) in [5.74, 6) is 0.315. The van der Waals surface area contributed by atoms with Gasteiger partial charge in [0.25, 0.3) is 0 Å². The van der Waals surface area contributed by atoms with E-state index in [0.717, 1.165) is 24.2 Å². The lowest BCUT2D eigenvalue weighted by Crippen LogP contribution is -2.31. The van der Waals surface area contributed by atoms with E-state index in [0.29, 0.717) is 18.0 Å². The van der Waals surface area contributed by atoms with Gasteiger partial charge in [0.05, 0.1) is 0 Å². The number of benzene rings is 3. The highest BCUT2D eigenvalue weighted by atomic mass is 19.1. The molecule has 0 atom stereocenters. The van der Waals surface area contributed by atoms with Crippen LogP contribution in [0.1, 0.15) is 24.0 Å². The predicted molar refractivity (Wildman–Crippen MR) is 126 cm³/mol. The van der Waals surface area contributed by atoms with E-state index in [1.54, 1.807) is 24.1 Å². The molecule has 0 radical (unpaired) electrons. The van der Waals surface area contributed by atoms with Crippen LogP contribution in [0.3, 0.4) is 0 Å². The molecule has 0 spiro atoms. The van der Waals surface area contributed by atoms with E-state index in [4.69, 9.17) is 4.74 Å². The largest absolute Gasteiger partial charge is 0.489 e. The van der Waals surface area contributed by atoms with E-state index < -0.39 is 0 Å². The minimum Gasteiger partial charge on any atom is -0.489 e. The molecule has 1 heterocycles. The Morgan fingerprint density at radius 1 is 1.03 bits per heavy atom. The Labute approximate surface area is 188 Å². The van der Waals surface area contributed by atoms with E-state index in [-0.39, 0.29) is 18.5 Å². The Hall–Kier alpha value is -3.54. The molecule has 1 N–H and O–H groups in total. The molecular formula is C26H28FN3O2. The van der Waals surface area contributed by atoms with Crippen LogP contribution in [0.25, 0.3) is 0 Å². The lowest BCUT2D eigenvalue weighted by molar-refractivity contribution is 0.220. The fourth-order valence-electron chi connectivity index (χ4n) is 3.91. The molecule has 1 fully saturated rings. The number of halogens is 1. The zero-order valence-electron chi connectivity index (χ0n) is 18.3. The lowest BCUT2D eigenvalue weighted by atomic mass is 10.1.